The zero-order valence-electron chi connectivity index (χ0n) is 14.4. The van der Waals surface area contributed by atoms with Gasteiger partial charge >= 0.3 is 6.09 Å². The number of rotatable bonds is 4. The first-order chi connectivity index (χ1) is 12.6. The monoisotopic (exact) mass is 416 g/mol. The summed E-state index contributed by atoms with van der Waals surface area (Å²) in [7, 11) is 0. The lowest BCUT2D eigenvalue weighted by molar-refractivity contribution is 0.0148. The van der Waals surface area contributed by atoms with E-state index in [0.717, 1.165) is 42.5 Å². The fourth-order valence-corrected chi connectivity index (χ4v) is 3.95. The van der Waals surface area contributed by atoms with Gasteiger partial charge in [0.15, 0.2) is 0 Å². The van der Waals surface area contributed by atoms with Crippen molar-refractivity contribution in [1.29, 1.82) is 0 Å². The molecule has 1 saturated carbocycles. The van der Waals surface area contributed by atoms with Crippen LogP contribution in [0.3, 0.4) is 0 Å². The predicted molar refractivity (Wildman–Crippen MR) is 103 cm³/mol. The molecule has 0 unspecified atom stereocenters. The number of nitrogens with zero attached hydrogens (tertiary/aromatic N) is 3. The maximum atomic E-state index is 12.3. The van der Waals surface area contributed by atoms with Crippen LogP contribution in [-0.2, 0) is 4.74 Å². The second-order valence-corrected chi connectivity index (χ2v) is 7.93. The minimum atomic E-state index is -0.360. The molecule has 0 bridgehead atoms. The number of amides is 1. The van der Waals surface area contributed by atoms with Gasteiger partial charge in [-0.15, -0.1) is 0 Å². The highest BCUT2D eigenvalue weighted by Gasteiger charge is 2.47. The summed E-state index contributed by atoms with van der Waals surface area (Å²) in [5, 5.41) is 3.40. The Labute approximate surface area is 161 Å². The Hall–Kier alpha value is -2.15. The lowest BCUT2D eigenvalue weighted by atomic mass is 9.78. The van der Waals surface area contributed by atoms with E-state index >= 15 is 0 Å². The molecule has 2 aliphatic rings. The van der Waals surface area contributed by atoms with E-state index in [1.165, 1.54) is 0 Å². The van der Waals surface area contributed by atoms with E-state index < -0.39 is 0 Å². The summed E-state index contributed by atoms with van der Waals surface area (Å²) in [5.41, 5.74) is -0.360. The molecular weight excluding hydrogens is 396 g/mol. The smallest absolute Gasteiger partial charge is 0.416 e. The van der Waals surface area contributed by atoms with Gasteiger partial charge in [0.2, 0.25) is 0 Å². The number of carbonyl (C=O) groups excluding carboxylic acids is 1. The lowest BCUT2D eigenvalue weighted by Gasteiger charge is -2.35. The molecular formula is C19H21BrN4O2. The number of carbonyl (C=O) groups is 1. The summed E-state index contributed by atoms with van der Waals surface area (Å²) in [5.74, 6) is 2.12. The SMILES string of the molecule is O=C1OC2(CCC(CNc3ccc(Br)cn3)CC2)CN1c1ccccn1. The second kappa shape index (κ2) is 7.23. The second-order valence-electron chi connectivity index (χ2n) is 7.01. The highest BCUT2D eigenvalue weighted by Crippen LogP contribution is 2.40. The Morgan fingerprint density at radius 3 is 2.77 bits per heavy atom. The van der Waals surface area contributed by atoms with Crippen LogP contribution in [0.1, 0.15) is 25.7 Å². The lowest BCUT2D eigenvalue weighted by Crippen LogP contribution is -2.39. The molecule has 1 aliphatic heterocycles. The van der Waals surface area contributed by atoms with Crippen LogP contribution in [0.5, 0.6) is 0 Å². The van der Waals surface area contributed by atoms with Gasteiger partial charge in [-0.25, -0.2) is 14.8 Å². The summed E-state index contributed by atoms with van der Waals surface area (Å²) in [6.07, 6.45) is 7.07. The topological polar surface area (TPSA) is 67.3 Å². The molecule has 2 aromatic rings. The first-order valence-corrected chi connectivity index (χ1v) is 9.70. The third-order valence-electron chi connectivity index (χ3n) is 5.21. The number of hydrogen-bond acceptors (Lipinski definition) is 5. The zero-order chi connectivity index (χ0) is 18.0. The molecule has 1 saturated heterocycles. The van der Waals surface area contributed by atoms with Gasteiger partial charge in [-0.1, -0.05) is 6.07 Å². The van der Waals surface area contributed by atoms with Crippen molar-refractivity contribution in [1.82, 2.24) is 9.97 Å². The summed E-state index contributed by atoms with van der Waals surface area (Å²) in [6, 6.07) is 9.53. The molecule has 6 nitrogen and oxygen atoms in total. The quantitative estimate of drug-likeness (QED) is 0.806. The molecule has 1 N–H and O–H groups in total. The van der Waals surface area contributed by atoms with Crippen LogP contribution in [0.4, 0.5) is 16.4 Å². The molecule has 3 heterocycles. The van der Waals surface area contributed by atoms with E-state index in [-0.39, 0.29) is 11.7 Å². The fraction of sp³-hybridized carbons (Fsp3) is 0.421. The minimum Gasteiger partial charge on any atom is -0.441 e. The van der Waals surface area contributed by atoms with Gasteiger partial charge in [0.1, 0.15) is 17.2 Å². The maximum absolute atomic E-state index is 12.3. The van der Waals surface area contributed by atoms with Crippen LogP contribution >= 0.6 is 15.9 Å². The zero-order valence-corrected chi connectivity index (χ0v) is 16.0. The minimum absolute atomic E-state index is 0.278. The highest BCUT2D eigenvalue weighted by atomic mass is 79.9. The molecule has 1 spiro atoms. The van der Waals surface area contributed by atoms with E-state index in [0.29, 0.717) is 18.3 Å². The van der Waals surface area contributed by atoms with Gasteiger partial charge in [-0.05, 0) is 71.8 Å². The fourth-order valence-electron chi connectivity index (χ4n) is 3.71. The molecule has 136 valence electrons. The molecule has 7 heteroatoms. The van der Waals surface area contributed by atoms with Crippen molar-refractivity contribution in [2.75, 3.05) is 23.3 Å². The highest BCUT2D eigenvalue weighted by molar-refractivity contribution is 9.10. The third-order valence-corrected chi connectivity index (χ3v) is 5.68. The molecule has 26 heavy (non-hydrogen) atoms. The Morgan fingerprint density at radius 2 is 2.08 bits per heavy atom. The van der Waals surface area contributed by atoms with Gasteiger partial charge in [-0.3, -0.25) is 4.90 Å². The number of anilines is 2. The van der Waals surface area contributed by atoms with E-state index in [1.807, 2.05) is 30.3 Å². The first kappa shape index (κ1) is 17.3. The van der Waals surface area contributed by atoms with Gasteiger partial charge in [0.25, 0.3) is 0 Å². The van der Waals surface area contributed by atoms with Crippen molar-refractivity contribution in [2.45, 2.75) is 31.3 Å². The van der Waals surface area contributed by atoms with Crippen LogP contribution in [-0.4, -0.2) is 34.8 Å². The van der Waals surface area contributed by atoms with Crippen molar-refractivity contribution in [3.05, 3.63) is 47.2 Å². The maximum Gasteiger partial charge on any atom is 0.416 e. The van der Waals surface area contributed by atoms with Crippen molar-refractivity contribution in [3.8, 4) is 0 Å². The van der Waals surface area contributed by atoms with Crippen LogP contribution in [0.25, 0.3) is 0 Å². The van der Waals surface area contributed by atoms with E-state index in [2.05, 4.69) is 31.2 Å². The molecule has 1 amide bonds. The number of hydrogen-bond donors (Lipinski definition) is 1. The Kier molecular flexibility index (Phi) is 4.80. The van der Waals surface area contributed by atoms with Crippen molar-refractivity contribution in [2.24, 2.45) is 5.92 Å². The largest absolute Gasteiger partial charge is 0.441 e. The van der Waals surface area contributed by atoms with Crippen LogP contribution in [0, 0.1) is 5.92 Å². The Balaban J connectivity index is 1.32. The summed E-state index contributed by atoms with van der Waals surface area (Å²) < 4.78 is 6.77. The number of halogens is 1. The molecule has 1 aliphatic carbocycles. The average Bonchev–Trinajstić information content (AvgIpc) is 2.99. The van der Waals surface area contributed by atoms with Crippen LogP contribution < -0.4 is 10.2 Å². The van der Waals surface area contributed by atoms with Gasteiger partial charge in [-0.2, -0.15) is 0 Å². The number of ether oxygens (including phenoxy) is 1. The molecule has 0 atom stereocenters. The van der Waals surface area contributed by atoms with Gasteiger partial charge in [0, 0.05) is 23.4 Å². The molecule has 0 aromatic carbocycles. The number of pyridine rings is 2. The van der Waals surface area contributed by atoms with Crippen LogP contribution in [0.2, 0.25) is 0 Å². The van der Waals surface area contributed by atoms with E-state index in [4.69, 9.17) is 4.74 Å². The molecule has 0 radical (unpaired) electrons. The van der Waals surface area contributed by atoms with Crippen LogP contribution in [0.15, 0.2) is 47.2 Å². The van der Waals surface area contributed by atoms with Crippen molar-refractivity contribution in [3.63, 3.8) is 0 Å². The number of nitrogens with one attached hydrogen (secondary N) is 1. The first-order valence-electron chi connectivity index (χ1n) is 8.91. The predicted octanol–water partition coefficient (Wildman–Crippen LogP) is 4.24. The van der Waals surface area contributed by atoms with Crippen molar-refractivity contribution >= 4 is 33.7 Å². The summed E-state index contributed by atoms with van der Waals surface area (Å²) in [4.78, 5) is 22.6. The molecule has 2 fully saturated rings. The van der Waals surface area contributed by atoms with E-state index in [1.54, 1.807) is 17.3 Å². The van der Waals surface area contributed by atoms with Crippen molar-refractivity contribution < 1.29 is 9.53 Å². The Morgan fingerprint density at radius 1 is 1.23 bits per heavy atom. The normalized spacial score (nSPS) is 25.3. The standard InChI is InChI=1S/C19H21BrN4O2/c20-15-4-5-16(23-12-15)22-11-14-6-8-19(9-7-14)13-24(18(25)26-19)17-3-1-2-10-21-17/h1-5,10,12,14H,6-9,11,13H2,(H,22,23). The number of aromatic nitrogens is 2. The Bertz CT molecular complexity index is 761. The average molecular weight is 417 g/mol. The molecule has 4 rings (SSSR count). The summed E-state index contributed by atoms with van der Waals surface area (Å²) in [6.45, 7) is 1.49. The third kappa shape index (κ3) is 3.67. The van der Waals surface area contributed by atoms with Gasteiger partial charge < -0.3 is 10.1 Å². The van der Waals surface area contributed by atoms with Gasteiger partial charge in [0.05, 0.1) is 6.54 Å². The summed E-state index contributed by atoms with van der Waals surface area (Å²) >= 11 is 3.39. The van der Waals surface area contributed by atoms with E-state index in [9.17, 15) is 4.79 Å². The molecule has 2 aromatic heterocycles.